The van der Waals surface area contributed by atoms with Gasteiger partial charge in [-0.25, -0.2) is 0 Å². The summed E-state index contributed by atoms with van der Waals surface area (Å²) in [6, 6.07) is 6.25. The van der Waals surface area contributed by atoms with Crippen molar-refractivity contribution in [2.45, 2.75) is 89.9 Å². The molecule has 1 aliphatic heterocycles. The minimum absolute atomic E-state index is 0.155. The SMILES string of the molecule is CC1CCC(C2CCC(c3ccc4c(c3)COC(OC(F)(F)F)C4)CC2)CC1. The average molecular weight is 396 g/mol. The summed E-state index contributed by atoms with van der Waals surface area (Å²) in [6.07, 6.45) is 4.99. The molecule has 1 aromatic rings. The van der Waals surface area contributed by atoms with Crippen molar-refractivity contribution in [3.05, 3.63) is 34.9 Å². The van der Waals surface area contributed by atoms with E-state index in [1.54, 1.807) is 0 Å². The highest BCUT2D eigenvalue weighted by atomic mass is 19.4. The molecular formula is C23H31F3O2. The molecule has 0 spiro atoms. The molecule has 5 heteroatoms. The van der Waals surface area contributed by atoms with E-state index in [0.29, 0.717) is 5.92 Å². The number of benzene rings is 1. The lowest BCUT2D eigenvalue weighted by atomic mass is 9.68. The van der Waals surface area contributed by atoms with Gasteiger partial charge in [-0.2, -0.15) is 0 Å². The predicted octanol–water partition coefficient (Wildman–Crippen LogP) is 6.72. The molecule has 2 nitrogen and oxygen atoms in total. The molecule has 0 N–H and O–H groups in total. The van der Waals surface area contributed by atoms with Crippen molar-refractivity contribution in [3.8, 4) is 0 Å². The van der Waals surface area contributed by atoms with Gasteiger partial charge in [-0.15, -0.1) is 13.2 Å². The Morgan fingerprint density at radius 2 is 1.54 bits per heavy atom. The van der Waals surface area contributed by atoms with Gasteiger partial charge in [0.15, 0.2) is 6.29 Å². The van der Waals surface area contributed by atoms with Crippen molar-refractivity contribution < 1.29 is 22.6 Å². The Morgan fingerprint density at radius 3 is 2.18 bits per heavy atom. The third kappa shape index (κ3) is 4.91. The topological polar surface area (TPSA) is 18.5 Å². The monoisotopic (exact) mass is 396 g/mol. The van der Waals surface area contributed by atoms with Crippen LogP contribution in [-0.4, -0.2) is 12.7 Å². The number of ether oxygens (including phenoxy) is 2. The van der Waals surface area contributed by atoms with Gasteiger partial charge in [0.2, 0.25) is 0 Å². The number of halogens is 3. The van der Waals surface area contributed by atoms with Crippen molar-refractivity contribution in [1.29, 1.82) is 0 Å². The Kier molecular flexibility index (Phi) is 6.03. The summed E-state index contributed by atoms with van der Waals surface area (Å²) in [5, 5.41) is 0. The van der Waals surface area contributed by atoms with Crippen LogP contribution in [0.25, 0.3) is 0 Å². The maximum Gasteiger partial charge on any atom is 0.524 e. The second-order valence-electron chi connectivity index (χ2n) is 9.17. The fourth-order valence-electron chi connectivity index (χ4n) is 5.56. The number of alkyl halides is 3. The lowest BCUT2D eigenvalue weighted by molar-refractivity contribution is -0.381. The van der Waals surface area contributed by atoms with Crippen molar-refractivity contribution in [2.75, 3.05) is 0 Å². The van der Waals surface area contributed by atoms with Crippen LogP contribution in [0.1, 0.15) is 80.9 Å². The zero-order valence-electron chi connectivity index (χ0n) is 16.6. The average Bonchev–Trinajstić information content (AvgIpc) is 2.67. The van der Waals surface area contributed by atoms with Crippen LogP contribution in [0.5, 0.6) is 0 Å². The lowest BCUT2D eigenvalue weighted by Gasteiger charge is -2.37. The Morgan fingerprint density at radius 1 is 0.893 bits per heavy atom. The smallest absolute Gasteiger partial charge is 0.347 e. The number of rotatable bonds is 3. The molecule has 2 saturated carbocycles. The van der Waals surface area contributed by atoms with Gasteiger partial charge in [0, 0.05) is 6.42 Å². The van der Waals surface area contributed by atoms with Gasteiger partial charge in [0.05, 0.1) is 6.61 Å². The summed E-state index contributed by atoms with van der Waals surface area (Å²) < 4.78 is 46.5. The molecule has 28 heavy (non-hydrogen) atoms. The van der Waals surface area contributed by atoms with Gasteiger partial charge in [-0.05, 0) is 78.9 Å². The zero-order chi connectivity index (χ0) is 19.7. The van der Waals surface area contributed by atoms with Crippen LogP contribution < -0.4 is 0 Å². The van der Waals surface area contributed by atoms with E-state index in [9.17, 15) is 13.2 Å². The maximum absolute atomic E-state index is 12.4. The zero-order valence-corrected chi connectivity index (χ0v) is 16.6. The van der Waals surface area contributed by atoms with E-state index >= 15 is 0 Å². The largest absolute Gasteiger partial charge is 0.524 e. The Hall–Kier alpha value is -1.07. The molecule has 1 atom stereocenters. The first kappa shape index (κ1) is 20.2. The van der Waals surface area contributed by atoms with E-state index in [1.807, 2.05) is 6.07 Å². The van der Waals surface area contributed by atoms with Gasteiger partial charge in [-0.3, -0.25) is 4.74 Å². The fourth-order valence-corrected chi connectivity index (χ4v) is 5.56. The van der Waals surface area contributed by atoms with Gasteiger partial charge >= 0.3 is 6.36 Å². The van der Waals surface area contributed by atoms with Gasteiger partial charge in [-0.1, -0.05) is 38.0 Å². The van der Waals surface area contributed by atoms with E-state index in [2.05, 4.69) is 23.8 Å². The lowest BCUT2D eigenvalue weighted by Crippen LogP contribution is -2.31. The van der Waals surface area contributed by atoms with Crippen LogP contribution in [0.4, 0.5) is 13.2 Å². The maximum atomic E-state index is 12.4. The van der Waals surface area contributed by atoms with Crippen LogP contribution in [0.2, 0.25) is 0 Å². The first-order valence-corrected chi connectivity index (χ1v) is 10.8. The molecule has 0 aromatic heterocycles. The van der Waals surface area contributed by atoms with Gasteiger partial charge in [0.1, 0.15) is 0 Å². The molecule has 1 unspecified atom stereocenters. The number of hydrogen-bond donors (Lipinski definition) is 0. The third-order valence-electron chi connectivity index (χ3n) is 7.28. The summed E-state index contributed by atoms with van der Waals surface area (Å²) >= 11 is 0. The van der Waals surface area contributed by atoms with Crippen LogP contribution in [-0.2, 0) is 22.5 Å². The Labute approximate surface area is 165 Å². The molecule has 4 rings (SSSR count). The fraction of sp³-hybridized carbons (Fsp3) is 0.739. The second-order valence-corrected chi connectivity index (χ2v) is 9.17. The highest BCUT2D eigenvalue weighted by Gasteiger charge is 2.36. The van der Waals surface area contributed by atoms with E-state index in [4.69, 9.17) is 4.74 Å². The summed E-state index contributed by atoms with van der Waals surface area (Å²) in [4.78, 5) is 0. The molecule has 0 amide bonds. The molecule has 2 fully saturated rings. The van der Waals surface area contributed by atoms with Crippen molar-refractivity contribution in [1.82, 2.24) is 0 Å². The van der Waals surface area contributed by atoms with Crippen molar-refractivity contribution in [2.24, 2.45) is 17.8 Å². The van der Waals surface area contributed by atoms with E-state index < -0.39 is 12.7 Å². The molecule has 1 aromatic carbocycles. The quantitative estimate of drug-likeness (QED) is 0.564. The molecule has 3 aliphatic rings. The number of hydrogen-bond acceptors (Lipinski definition) is 2. The number of fused-ring (bicyclic) bond motifs is 1. The van der Waals surface area contributed by atoms with E-state index in [-0.39, 0.29) is 13.0 Å². The normalized spacial score (nSPS) is 34.1. The Bertz CT molecular complexity index is 656. The summed E-state index contributed by atoms with van der Waals surface area (Å²) in [7, 11) is 0. The summed E-state index contributed by atoms with van der Waals surface area (Å²) in [5.41, 5.74) is 3.26. The third-order valence-corrected chi connectivity index (χ3v) is 7.28. The first-order chi connectivity index (χ1) is 13.4. The highest BCUT2D eigenvalue weighted by Crippen LogP contribution is 2.44. The molecule has 1 heterocycles. The molecule has 0 saturated heterocycles. The van der Waals surface area contributed by atoms with Crippen LogP contribution >= 0.6 is 0 Å². The Balaban J connectivity index is 1.33. The van der Waals surface area contributed by atoms with Crippen molar-refractivity contribution in [3.63, 3.8) is 0 Å². The van der Waals surface area contributed by atoms with Gasteiger partial charge in [0.25, 0.3) is 0 Å². The van der Waals surface area contributed by atoms with Crippen molar-refractivity contribution >= 4 is 0 Å². The first-order valence-electron chi connectivity index (χ1n) is 10.8. The molecular weight excluding hydrogens is 365 g/mol. The van der Waals surface area contributed by atoms with Crippen LogP contribution in [0.3, 0.4) is 0 Å². The summed E-state index contributed by atoms with van der Waals surface area (Å²) in [6.45, 7) is 2.57. The minimum Gasteiger partial charge on any atom is -0.347 e. The molecule has 2 aliphatic carbocycles. The minimum atomic E-state index is -4.66. The van der Waals surface area contributed by atoms with E-state index in [1.165, 1.54) is 56.9 Å². The molecule has 0 bridgehead atoms. The summed E-state index contributed by atoms with van der Waals surface area (Å²) in [5.74, 6) is 3.31. The van der Waals surface area contributed by atoms with Crippen LogP contribution in [0, 0.1) is 17.8 Å². The van der Waals surface area contributed by atoms with E-state index in [0.717, 1.165) is 28.9 Å². The predicted molar refractivity (Wildman–Crippen MR) is 102 cm³/mol. The molecule has 156 valence electrons. The molecule has 0 radical (unpaired) electrons. The second kappa shape index (κ2) is 8.35. The van der Waals surface area contributed by atoms with Crippen LogP contribution in [0.15, 0.2) is 18.2 Å². The van der Waals surface area contributed by atoms with Gasteiger partial charge < -0.3 is 4.74 Å². The standard InChI is InChI=1S/C23H31F3O2/c1-15-2-4-16(5-3-15)17-6-8-18(9-7-17)19-10-11-20-13-22(28-23(24,25)26)27-14-21(20)12-19/h10-12,15-18,22H,2-9,13-14H2,1H3. The highest BCUT2D eigenvalue weighted by molar-refractivity contribution is 5.35.